The molecule has 2 rings (SSSR count). The van der Waals surface area contributed by atoms with Crippen LogP contribution in [0.15, 0.2) is 0 Å². The van der Waals surface area contributed by atoms with Crippen molar-refractivity contribution in [3.05, 3.63) is 0 Å². The number of halogens is 1. The molecule has 2 saturated heterocycles. The third-order valence-corrected chi connectivity index (χ3v) is 4.34. The molecule has 0 saturated carbocycles. The maximum absolute atomic E-state index is 11.0. The van der Waals surface area contributed by atoms with E-state index in [2.05, 4.69) is 0 Å². The Morgan fingerprint density at radius 3 is 2.80 bits per heavy atom. The summed E-state index contributed by atoms with van der Waals surface area (Å²) in [6.07, 6.45) is 2.39. The Kier molecular flexibility index (Phi) is 3.26. The SMILES string of the molecule is O=S(=O)(Cl)CC1CCOC2(CCOC2)C1. The zero-order valence-corrected chi connectivity index (χ0v) is 10.0. The first-order chi connectivity index (χ1) is 6.99. The predicted octanol–water partition coefficient (Wildman–Crippen LogP) is 1.14. The van der Waals surface area contributed by atoms with E-state index in [9.17, 15) is 8.42 Å². The molecule has 6 heteroatoms. The van der Waals surface area contributed by atoms with Gasteiger partial charge in [0, 0.05) is 30.3 Å². The fraction of sp³-hybridized carbons (Fsp3) is 1.00. The largest absolute Gasteiger partial charge is 0.378 e. The van der Waals surface area contributed by atoms with Crippen LogP contribution >= 0.6 is 10.7 Å². The zero-order chi connectivity index (χ0) is 10.9. The monoisotopic (exact) mass is 254 g/mol. The van der Waals surface area contributed by atoms with Crippen LogP contribution in [-0.2, 0) is 18.5 Å². The van der Waals surface area contributed by atoms with Gasteiger partial charge in [-0.25, -0.2) is 8.42 Å². The third kappa shape index (κ3) is 3.06. The summed E-state index contributed by atoms with van der Waals surface area (Å²) in [5, 5.41) is 0. The summed E-state index contributed by atoms with van der Waals surface area (Å²) >= 11 is 0. The van der Waals surface area contributed by atoms with Gasteiger partial charge in [-0.15, -0.1) is 0 Å². The summed E-state index contributed by atoms with van der Waals surface area (Å²) in [5.41, 5.74) is -0.232. The van der Waals surface area contributed by atoms with Crippen LogP contribution in [0.25, 0.3) is 0 Å². The molecule has 0 amide bonds. The van der Waals surface area contributed by atoms with Crippen molar-refractivity contribution in [1.29, 1.82) is 0 Å². The van der Waals surface area contributed by atoms with Crippen LogP contribution < -0.4 is 0 Å². The molecule has 15 heavy (non-hydrogen) atoms. The molecular weight excluding hydrogens is 240 g/mol. The Morgan fingerprint density at radius 1 is 1.40 bits per heavy atom. The summed E-state index contributed by atoms with van der Waals surface area (Å²) in [6.45, 7) is 1.91. The maximum atomic E-state index is 11.0. The van der Waals surface area contributed by atoms with Crippen molar-refractivity contribution in [3.63, 3.8) is 0 Å². The van der Waals surface area contributed by atoms with Gasteiger partial charge < -0.3 is 9.47 Å². The third-order valence-electron chi connectivity index (χ3n) is 3.10. The van der Waals surface area contributed by atoms with Crippen LogP contribution in [0, 0.1) is 5.92 Å². The van der Waals surface area contributed by atoms with Crippen LogP contribution in [0.1, 0.15) is 19.3 Å². The molecule has 0 aliphatic carbocycles. The summed E-state index contributed by atoms with van der Waals surface area (Å²) in [5.74, 6) is 0.169. The molecule has 1 spiro atoms. The number of hydrogen-bond donors (Lipinski definition) is 0. The highest BCUT2D eigenvalue weighted by molar-refractivity contribution is 8.13. The summed E-state index contributed by atoms with van der Waals surface area (Å²) in [4.78, 5) is 0. The van der Waals surface area contributed by atoms with Crippen molar-refractivity contribution in [3.8, 4) is 0 Å². The van der Waals surface area contributed by atoms with Gasteiger partial charge in [-0.2, -0.15) is 0 Å². The van der Waals surface area contributed by atoms with Crippen molar-refractivity contribution in [2.75, 3.05) is 25.6 Å². The highest BCUT2D eigenvalue weighted by Gasteiger charge is 2.41. The molecule has 0 aromatic rings. The van der Waals surface area contributed by atoms with Crippen LogP contribution in [0.4, 0.5) is 0 Å². The van der Waals surface area contributed by atoms with E-state index < -0.39 is 9.05 Å². The second-order valence-electron chi connectivity index (χ2n) is 4.40. The Bertz CT molecular complexity index is 321. The first-order valence-electron chi connectivity index (χ1n) is 5.13. The number of hydrogen-bond acceptors (Lipinski definition) is 4. The smallest absolute Gasteiger partial charge is 0.232 e. The average molecular weight is 255 g/mol. The topological polar surface area (TPSA) is 52.6 Å². The fourth-order valence-corrected chi connectivity index (χ4v) is 3.80. The lowest BCUT2D eigenvalue weighted by atomic mass is 9.86. The molecule has 4 nitrogen and oxygen atoms in total. The standard InChI is InChI=1S/C9H15ClO4S/c10-15(11,12)6-8-1-3-14-9(5-8)2-4-13-7-9/h8H,1-7H2. The van der Waals surface area contributed by atoms with Gasteiger partial charge in [-0.05, 0) is 18.8 Å². The first kappa shape index (κ1) is 11.6. The zero-order valence-electron chi connectivity index (χ0n) is 8.45. The van der Waals surface area contributed by atoms with Crippen molar-refractivity contribution >= 4 is 19.7 Å². The molecule has 0 radical (unpaired) electrons. The summed E-state index contributed by atoms with van der Waals surface area (Å²) in [7, 11) is 1.87. The van der Waals surface area contributed by atoms with Gasteiger partial charge >= 0.3 is 0 Å². The lowest BCUT2D eigenvalue weighted by molar-refractivity contribution is -0.0944. The van der Waals surface area contributed by atoms with Crippen molar-refractivity contribution in [1.82, 2.24) is 0 Å². The summed E-state index contributed by atoms with van der Waals surface area (Å²) in [6, 6.07) is 0. The minimum absolute atomic E-state index is 0.0552. The maximum Gasteiger partial charge on any atom is 0.232 e. The van der Waals surface area contributed by atoms with Crippen molar-refractivity contribution < 1.29 is 17.9 Å². The van der Waals surface area contributed by atoms with E-state index >= 15 is 0 Å². The van der Waals surface area contributed by atoms with Gasteiger partial charge in [-0.3, -0.25) is 0 Å². The minimum Gasteiger partial charge on any atom is -0.378 e. The van der Waals surface area contributed by atoms with E-state index in [1.807, 2.05) is 0 Å². The molecule has 2 fully saturated rings. The Labute approximate surface area is 94.3 Å². The van der Waals surface area contributed by atoms with E-state index in [4.69, 9.17) is 20.2 Å². The minimum atomic E-state index is -3.39. The molecule has 0 aromatic heterocycles. The van der Waals surface area contributed by atoms with Gasteiger partial charge in [0.2, 0.25) is 9.05 Å². The van der Waals surface area contributed by atoms with E-state index in [0.29, 0.717) is 19.8 Å². The quantitative estimate of drug-likeness (QED) is 0.694. The van der Waals surface area contributed by atoms with Crippen LogP contribution in [-0.4, -0.2) is 39.6 Å². The van der Waals surface area contributed by atoms with Crippen LogP contribution in [0.3, 0.4) is 0 Å². The van der Waals surface area contributed by atoms with Crippen LogP contribution in [0.2, 0.25) is 0 Å². The van der Waals surface area contributed by atoms with Crippen molar-refractivity contribution in [2.45, 2.75) is 24.9 Å². The van der Waals surface area contributed by atoms with Gasteiger partial charge in [0.1, 0.15) is 0 Å². The molecule has 0 aromatic carbocycles. The molecule has 88 valence electrons. The van der Waals surface area contributed by atoms with Gasteiger partial charge in [0.05, 0.1) is 18.0 Å². The summed E-state index contributed by atoms with van der Waals surface area (Å²) < 4.78 is 33.0. The Balaban J connectivity index is 1.98. The second-order valence-corrected chi connectivity index (χ2v) is 7.22. The number of ether oxygens (including phenoxy) is 2. The fourth-order valence-electron chi connectivity index (χ4n) is 2.42. The average Bonchev–Trinajstić information content (AvgIpc) is 2.50. The van der Waals surface area contributed by atoms with Gasteiger partial charge in [0.25, 0.3) is 0 Å². The number of rotatable bonds is 2. The Morgan fingerprint density at radius 2 is 2.20 bits per heavy atom. The molecule has 2 unspecified atom stereocenters. The lowest BCUT2D eigenvalue weighted by Gasteiger charge is -2.36. The molecule has 2 aliphatic rings. The predicted molar refractivity (Wildman–Crippen MR) is 56.5 cm³/mol. The second kappa shape index (κ2) is 4.20. The van der Waals surface area contributed by atoms with Gasteiger partial charge in [-0.1, -0.05) is 0 Å². The highest BCUT2D eigenvalue weighted by atomic mass is 35.7. The van der Waals surface area contributed by atoms with E-state index in [1.54, 1.807) is 0 Å². The van der Waals surface area contributed by atoms with E-state index in [-0.39, 0.29) is 17.3 Å². The van der Waals surface area contributed by atoms with Crippen LogP contribution in [0.5, 0.6) is 0 Å². The highest BCUT2D eigenvalue weighted by Crippen LogP contribution is 2.36. The normalized spacial score (nSPS) is 37.3. The van der Waals surface area contributed by atoms with Crippen molar-refractivity contribution in [2.24, 2.45) is 5.92 Å². The van der Waals surface area contributed by atoms with E-state index in [0.717, 1.165) is 19.3 Å². The molecule has 2 heterocycles. The molecule has 2 aliphatic heterocycles. The molecular formula is C9H15ClO4S. The first-order valence-corrected chi connectivity index (χ1v) is 7.61. The molecule has 0 N–H and O–H groups in total. The molecule has 2 atom stereocenters. The lowest BCUT2D eigenvalue weighted by Crippen LogP contribution is -2.41. The van der Waals surface area contributed by atoms with Gasteiger partial charge in [0.15, 0.2) is 0 Å². The Hall–Kier alpha value is 0.160. The van der Waals surface area contributed by atoms with E-state index in [1.165, 1.54) is 0 Å². The molecule has 0 bridgehead atoms.